The molecule has 4 N–H and O–H groups in total. The molecule has 6 heteroatoms. The average molecular weight is 368 g/mol. The van der Waals surface area contributed by atoms with Gasteiger partial charge in [0.15, 0.2) is 0 Å². The minimum Gasteiger partial charge on any atom is -0.356 e. The largest absolute Gasteiger partial charge is 0.356 e. The van der Waals surface area contributed by atoms with Gasteiger partial charge < -0.3 is 16.4 Å². The molecule has 2 amide bonds. The van der Waals surface area contributed by atoms with Crippen molar-refractivity contribution in [3.8, 4) is 0 Å². The van der Waals surface area contributed by atoms with Crippen molar-refractivity contribution in [2.24, 2.45) is 11.7 Å². The number of rotatable bonds is 7. The van der Waals surface area contributed by atoms with Crippen molar-refractivity contribution in [1.82, 2.24) is 10.6 Å². The van der Waals surface area contributed by atoms with Gasteiger partial charge in [0.2, 0.25) is 11.8 Å². The Labute approximate surface area is 158 Å². The first-order valence-corrected chi connectivity index (χ1v) is 9.13. The van der Waals surface area contributed by atoms with Crippen molar-refractivity contribution in [3.05, 3.63) is 35.9 Å². The first-order chi connectivity index (χ1) is 12.5. The lowest BCUT2D eigenvalue weighted by atomic mass is 10.2. The molecule has 0 bridgehead atoms. The average Bonchev–Trinajstić information content (AvgIpc) is 2.69. The van der Waals surface area contributed by atoms with Crippen LogP contribution in [0.2, 0.25) is 0 Å². The Balaban J connectivity index is -0.000000371. The van der Waals surface area contributed by atoms with Gasteiger partial charge in [-0.05, 0) is 20.4 Å². The minimum absolute atomic E-state index is 0.0134. The fourth-order valence-corrected chi connectivity index (χ4v) is 1.48. The van der Waals surface area contributed by atoms with E-state index >= 15 is 0 Å². The summed E-state index contributed by atoms with van der Waals surface area (Å²) >= 11 is 0. The maximum Gasteiger partial charge on any atom is 0.222 e. The quantitative estimate of drug-likeness (QED) is 0.509. The molecule has 0 saturated carbocycles. The summed E-state index contributed by atoms with van der Waals surface area (Å²) in [7, 11) is 1.50. The molecule has 0 aromatic heterocycles. The van der Waals surface area contributed by atoms with Crippen molar-refractivity contribution in [2.75, 3.05) is 20.1 Å². The van der Waals surface area contributed by atoms with Crippen LogP contribution in [-0.4, -0.2) is 38.2 Å². The Morgan fingerprint density at radius 3 is 2.00 bits per heavy atom. The van der Waals surface area contributed by atoms with E-state index in [9.17, 15) is 14.4 Å². The maximum absolute atomic E-state index is 11.1. The molecule has 0 unspecified atom stereocenters. The number of hydrogen-bond donors (Lipinski definition) is 3. The molecule has 0 aliphatic heterocycles. The number of nitrogens with one attached hydrogen (secondary N) is 2. The van der Waals surface area contributed by atoms with E-state index in [0.717, 1.165) is 11.8 Å². The van der Waals surface area contributed by atoms with E-state index < -0.39 is 0 Å². The van der Waals surface area contributed by atoms with E-state index in [1.54, 1.807) is 12.1 Å². The summed E-state index contributed by atoms with van der Waals surface area (Å²) in [6, 6.07) is 9.10. The number of carbonyl (C=O) groups is 3. The molecular weight excluding hydrogens is 330 g/mol. The topological polar surface area (TPSA) is 101 Å². The van der Waals surface area contributed by atoms with E-state index in [1.807, 2.05) is 52.8 Å². The predicted octanol–water partition coefficient (Wildman–Crippen LogP) is 2.78. The number of carbonyl (C=O) groups excluding carboxylic acids is 3. The van der Waals surface area contributed by atoms with Crippen LogP contribution in [0.3, 0.4) is 0 Å². The summed E-state index contributed by atoms with van der Waals surface area (Å²) in [4.78, 5) is 32.1. The van der Waals surface area contributed by atoms with Crippen LogP contribution >= 0.6 is 0 Å². The number of aldehydes is 1. The molecule has 0 heterocycles. The lowest BCUT2D eigenvalue weighted by Gasteiger charge is -2.07. The normalized spacial score (nSPS) is 8.46. The first kappa shape index (κ1) is 28.6. The molecule has 1 rings (SSSR count). The van der Waals surface area contributed by atoms with Crippen LogP contribution in [0.1, 0.15) is 57.8 Å². The lowest BCUT2D eigenvalue weighted by Crippen LogP contribution is -2.30. The van der Waals surface area contributed by atoms with E-state index in [2.05, 4.69) is 16.4 Å². The van der Waals surface area contributed by atoms with Crippen LogP contribution in [0.15, 0.2) is 30.3 Å². The number of hydrogen-bond acceptors (Lipinski definition) is 4. The van der Waals surface area contributed by atoms with Crippen molar-refractivity contribution < 1.29 is 14.4 Å². The van der Waals surface area contributed by atoms with E-state index in [1.165, 1.54) is 7.05 Å². The third kappa shape index (κ3) is 19.8. The molecule has 0 radical (unpaired) electrons. The highest BCUT2D eigenvalue weighted by Crippen LogP contribution is 1.92. The molecule has 150 valence electrons. The summed E-state index contributed by atoms with van der Waals surface area (Å²) in [5.41, 5.74) is 5.23. The molecule has 0 fully saturated rings. The molecule has 0 atom stereocenters. The zero-order valence-corrected chi connectivity index (χ0v) is 17.2. The Bertz CT molecular complexity index is 449. The molecule has 0 aliphatic rings. The standard InChI is InChI=1S/C10H20N2O2.C7H6O.C2H6.CH5N/c1-4-11-9(13)6-5-7-12-10(14)8(2)3;8-6-7-4-2-1-3-5-7;2*1-2/h8H,4-7H2,1-3H3,(H,11,13)(H,12,14);1-6H;1-2H3;2H2,1H3. The second-order valence-electron chi connectivity index (χ2n) is 5.03. The number of nitrogens with two attached hydrogens (primary N) is 1. The smallest absolute Gasteiger partial charge is 0.222 e. The highest BCUT2D eigenvalue weighted by Gasteiger charge is 2.05. The molecule has 1 aromatic carbocycles. The predicted molar refractivity (Wildman–Crippen MR) is 109 cm³/mol. The summed E-state index contributed by atoms with van der Waals surface area (Å²) in [6.45, 7) is 10.8. The monoisotopic (exact) mass is 367 g/mol. The molecule has 1 aromatic rings. The van der Waals surface area contributed by atoms with Gasteiger partial charge in [0, 0.05) is 31.0 Å². The third-order valence-electron chi connectivity index (χ3n) is 2.71. The second kappa shape index (κ2) is 22.8. The summed E-state index contributed by atoms with van der Waals surface area (Å²) < 4.78 is 0. The highest BCUT2D eigenvalue weighted by molar-refractivity contribution is 5.78. The van der Waals surface area contributed by atoms with Crippen molar-refractivity contribution in [3.63, 3.8) is 0 Å². The lowest BCUT2D eigenvalue weighted by molar-refractivity contribution is -0.124. The molecule has 26 heavy (non-hydrogen) atoms. The number of benzene rings is 1. The molecule has 6 nitrogen and oxygen atoms in total. The van der Waals surface area contributed by atoms with Crippen molar-refractivity contribution in [2.45, 2.75) is 47.5 Å². The van der Waals surface area contributed by atoms with Crippen LogP contribution in [0, 0.1) is 5.92 Å². The van der Waals surface area contributed by atoms with E-state index in [0.29, 0.717) is 25.9 Å². The molecule has 0 saturated heterocycles. The van der Waals surface area contributed by atoms with Crippen LogP contribution in [0.25, 0.3) is 0 Å². The molecule has 0 aliphatic carbocycles. The number of amides is 2. The Morgan fingerprint density at radius 2 is 1.62 bits per heavy atom. The molecular formula is C20H37N3O3. The Hall–Kier alpha value is -2.21. The summed E-state index contributed by atoms with van der Waals surface area (Å²) in [5.74, 6) is 0.103. The van der Waals surface area contributed by atoms with Gasteiger partial charge in [-0.2, -0.15) is 0 Å². The Morgan fingerprint density at radius 1 is 1.08 bits per heavy atom. The van der Waals surface area contributed by atoms with Gasteiger partial charge in [-0.3, -0.25) is 14.4 Å². The van der Waals surface area contributed by atoms with Crippen LogP contribution < -0.4 is 16.4 Å². The summed E-state index contributed by atoms with van der Waals surface area (Å²) in [6.07, 6.45) is 2.01. The van der Waals surface area contributed by atoms with Crippen LogP contribution in [-0.2, 0) is 9.59 Å². The fraction of sp³-hybridized carbons (Fsp3) is 0.550. The van der Waals surface area contributed by atoms with Crippen LogP contribution in [0.4, 0.5) is 0 Å². The van der Waals surface area contributed by atoms with Crippen molar-refractivity contribution in [1.29, 1.82) is 0 Å². The maximum atomic E-state index is 11.1. The second-order valence-corrected chi connectivity index (χ2v) is 5.03. The van der Waals surface area contributed by atoms with Gasteiger partial charge in [0.25, 0.3) is 0 Å². The van der Waals surface area contributed by atoms with Gasteiger partial charge in [0.1, 0.15) is 6.29 Å². The summed E-state index contributed by atoms with van der Waals surface area (Å²) in [5, 5.41) is 5.47. The van der Waals surface area contributed by atoms with Gasteiger partial charge in [-0.15, -0.1) is 0 Å². The van der Waals surface area contributed by atoms with Gasteiger partial charge in [-0.25, -0.2) is 0 Å². The van der Waals surface area contributed by atoms with Crippen molar-refractivity contribution >= 4 is 18.1 Å². The third-order valence-corrected chi connectivity index (χ3v) is 2.71. The first-order valence-electron chi connectivity index (χ1n) is 9.13. The van der Waals surface area contributed by atoms with E-state index in [4.69, 9.17) is 0 Å². The van der Waals surface area contributed by atoms with Gasteiger partial charge >= 0.3 is 0 Å². The zero-order valence-electron chi connectivity index (χ0n) is 17.2. The highest BCUT2D eigenvalue weighted by atomic mass is 16.2. The Kier molecular flexibility index (Phi) is 25.1. The van der Waals surface area contributed by atoms with Crippen LogP contribution in [0.5, 0.6) is 0 Å². The van der Waals surface area contributed by atoms with Gasteiger partial charge in [-0.1, -0.05) is 58.0 Å². The van der Waals surface area contributed by atoms with Gasteiger partial charge in [0.05, 0.1) is 0 Å². The zero-order chi connectivity index (χ0) is 20.8. The van der Waals surface area contributed by atoms with E-state index in [-0.39, 0.29) is 17.7 Å². The minimum atomic E-state index is 0.0134. The SMILES string of the molecule is CC.CCNC(=O)CCCNC(=O)C(C)C.CN.O=Cc1ccccc1. The molecule has 0 spiro atoms. The fourth-order valence-electron chi connectivity index (χ4n) is 1.48.